The molecule has 0 saturated heterocycles. The van der Waals surface area contributed by atoms with Gasteiger partial charge in [0, 0.05) is 25.2 Å². The molecule has 0 radical (unpaired) electrons. The zero-order valence-corrected chi connectivity index (χ0v) is 9.75. The summed E-state index contributed by atoms with van der Waals surface area (Å²) < 4.78 is 5.59. The summed E-state index contributed by atoms with van der Waals surface area (Å²) in [5, 5.41) is 0. The Morgan fingerprint density at radius 1 is 1.43 bits per heavy atom. The standard InChI is InChI=1S/C11H24N2O/c1-11(2,9-12)13(3)6-7-14-8-10-4-5-10/h10H,4-9,12H2,1-3H3. The lowest BCUT2D eigenvalue weighted by atomic mass is 10.0. The second-order valence-corrected chi connectivity index (χ2v) is 4.96. The predicted octanol–water partition coefficient (Wildman–Crippen LogP) is 1.08. The normalized spacial score (nSPS) is 17.8. The highest BCUT2D eigenvalue weighted by Gasteiger charge is 2.23. The molecule has 1 aliphatic rings. The molecule has 0 aromatic rings. The molecule has 0 unspecified atom stereocenters. The van der Waals surface area contributed by atoms with E-state index in [1.54, 1.807) is 0 Å². The zero-order valence-electron chi connectivity index (χ0n) is 9.75. The monoisotopic (exact) mass is 200 g/mol. The lowest BCUT2D eigenvalue weighted by Gasteiger charge is -2.34. The summed E-state index contributed by atoms with van der Waals surface area (Å²) in [6.07, 6.45) is 2.73. The Morgan fingerprint density at radius 2 is 2.07 bits per heavy atom. The molecule has 3 heteroatoms. The Kier molecular flexibility index (Phi) is 4.35. The van der Waals surface area contributed by atoms with Crippen LogP contribution in [0.25, 0.3) is 0 Å². The van der Waals surface area contributed by atoms with Crippen LogP contribution < -0.4 is 5.73 Å². The van der Waals surface area contributed by atoms with Gasteiger partial charge in [0.2, 0.25) is 0 Å². The summed E-state index contributed by atoms with van der Waals surface area (Å²) in [4.78, 5) is 2.26. The van der Waals surface area contributed by atoms with Gasteiger partial charge in [-0.25, -0.2) is 0 Å². The van der Waals surface area contributed by atoms with Gasteiger partial charge in [-0.05, 0) is 39.7 Å². The summed E-state index contributed by atoms with van der Waals surface area (Å²) in [6.45, 7) is 7.76. The van der Waals surface area contributed by atoms with Crippen LogP contribution in [0.2, 0.25) is 0 Å². The molecule has 0 spiro atoms. The minimum absolute atomic E-state index is 0.0863. The van der Waals surface area contributed by atoms with E-state index in [4.69, 9.17) is 10.5 Å². The van der Waals surface area contributed by atoms with Crippen molar-refractivity contribution in [2.75, 3.05) is 33.4 Å². The molecule has 1 aliphatic carbocycles. The Balaban J connectivity index is 2.03. The Morgan fingerprint density at radius 3 is 2.57 bits per heavy atom. The first kappa shape index (κ1) is 12.0. The Labute approximate surface area is 87.6 Å². The smallest absolute Gasteiger partial charge is 0.0593 e. The van der Waals surface area contributed by atoms with E-state index in [9.17, 15) is 0 Å². The lowest BCUT2D eigenvalue weighted by Crippen LogP contribution is -2.48. The maximum atomic E-state index is 5.69. The topological polar surface area (TPSA) is 38.5 Å². The van der Waals surface area contributed by atoms with Crippen molar-refractivity contribution < 1.29 is 4.74 Å². The Bertz CT molecular complexity index is 167. The van der Waals surface area contributed by atoms with Gasteiger partial charge in [0.05, 0.1) is 6.61 Å². The van der Waals surface area contributed by atoms with Gasteiger partial charge in [-0.3, -0.25) is 4.90 Å². The minimum atomic E-state index is 0.0863. The van der Waals surface area contributed by atoms with Crippen LogP contribution >= 0.6 is 0 Å². The molecule has 84 valence electrons. The van der Waals surface area contributed by atoms with Crippen LogP contribution in [-0.4, -0.2) is 43.8 Å². The first-order valence-corrected chi connectivity index (χ1v) is 5.55. The summed E-state index contributed by atoms with van der Waals surface area (Å²) >= 11 is 0. The van der Waals surface area contributed by atoms with Crippen LogP contribution in [0.1, 0.15) is 26.7 Å². The molecule has 3 nitrogen and oxygen atoms in total. The molecular weight excluding hydrogens is 176 g/mol. The summed E-state index contributed by atoms with van der Waals surface area (Å²) in [6, 6.07) is 0. The second kappa shape index (κ2) is 5.10. The fourth-order valence-corrected chi connectivity index (χ4v) is 1.19. The number of ether oxygens (including phenoxy) is 1. The molecule has 2 N–H and O–H groups in total. The third kappa shape index (κ3) is 3.95. The van der Waals surface area contributed by atoms with Crippen molar-refractivity contribution in [3.63, 3.8) is 0 Å². The van der Waals surface area contributed by atoms with Crippen molar-refractivity contribution in [1.82, 2.24) is 4.90 Å². The van der Waals surface area contributed by atoms with Crippen LogP contribution in [0.15, 0.2) is 0 Å². The van der Waals surface area contributed by atoms with Crippen molar-refractivity contribution in [2.45, 2.75) is 32.2 Å². The molecule has 14 heavy (non-hydrogen) atoms. The van der Waals surface area contributed by atoms with Crippen LogP contribution in [0.4, 0.5) is 0 Å². The van der Waals surface area contributed by atoms with Crippen molar-refractivity contribution in [2.24, 2.45) is 11.7 Å². The van der Waals surface area contributed by atoms with E-state index in [1.165, 1.54) is 12.8 Å². The van der Waals surface area contributed by atoms with E-state index in [0.717, 1.165) is 25.7 Å². The van der Waals surface area contributed by atoms with Gasteiger partial charge in [0.25, 0.3) is 0 Å². The number of nitrogens with two attached hydrogens (primary N) is 1. The van der Waals surface area contributed by atoms with E-state index in [-0.39, 0.29) is 5.54 Å². The van der Waals surface area contributed by atoms with Gasteiger partial charge in [-0.2, -0.15) is 0 Å². The van der Waals surface area contributed by atoms with Gasteiger partial charge in [0.1, 0.15) is 0 Å². The number of hydrogen-bond acceptors (Lipinski definition) is 3. The lowest BCUT2D eigenvalue weighted by molar-refractivity contribution is 0.0724. The molecule has 0 aliphatic heterocycles. The van der Waals surface area contributed by atoms with Crippen LogP contribution in [0, 0.1) is 5.92 Å². The maximum absolute atomic E-state index is 5.69. The molecule has 0 atom stereocenters. The predicted molar refractivity (Wildman–Crippen MR) is 59.3 cm³/mol. The van der Waals surface area contributed by atoms with E-state index in [0.29, 0.717) is 6.54 Å². The number of hydrogen-bond donors (Lipinski definition) is 1. The molecule has 1 saturated carbocycles. The van der Waals surface area contributed by atoms with E-state index in [2.05, 4.69) is 25.8 Å². The summed E-state index contributed by atoms with van der Waals surface area (Å²) in [5.41, 5.74) is 5.77. The zero-order chi connectivity index (χ0) is 10.6. The van der Waals surface area contributed by atoms with Gasteiger partial charge in [-0.15, -0.1) is 0 Å². The molecule has 0 amide bonds. The van der Waals surface area contributed by atoms with E-state index >= 15 is 0 Å². The molecule has 1 fully saturated rings. The average molecular weight is 200 g/mol. The maximum Gasteiger partial charge on any atom is 0.0593 e. The summed E-state index contributed by atoms with van der Waals surface area (Å²) in [7, 11) is 2.10. The molecular formula is C11H24N2O. The van der Waals surface area contributed by atoms with Crippen LogP contribution in [0.3, 0.4) is 0 Å². The number of nitrogens with zero attached hydrogens (tertiary/aromatic N) is 1. The second-order valence-electron chi connectivity index (χ2n) is 4.96. The van der Waals surface area contributed by atoms with Crippen molar-refractivity contribution in [3.05, 3.63) is 0 Å². The molecule has 0 aromatic heterocycles. The van der Waals surface area contributed by atoms with Gasteiger partial charge in [0.15, 0.2) is 0 Å². The largest absolute Gasteiger partial charge is 0.380 e. The highest BCUT2D eigenvalue weighted by molar-refractivity contribution is 4.79. The van der Waals surface area contributed by atoms with Gasteiger partial charge < -0.3 is 10.5 Å². The fraction of sp³-hybridized carbons (Fsp3) is 1.00. The van der Waals surface area contributed by atoms with Crippen molar-refractivity contribution >= 4 is 0 Å². The molecule has 1 rings (SSSR count). The van der Waals surface area contributed by atoms with Gasteiger partial charge in [-0.1, -0.05) is 0 Å². The van der Waals surface area contributed by atoms with Crippen LogP contribution in [0.5, 0.6) is 0 Å². The van der Waals surface area contributed by atoms with Crippen molar-refractivity contribution in [3.8, 4) is 0 Å². The first-order chi connectivity index (χ1) is 6.56. The molecule has 0 aromatic carbocycles. The SMILES string of the molecule is CN(CCOCC1CC1)C(C)(C)CN. The van der Waals surface area contributed by atoms with E-state index in [1.807, 2.05) is 0 Å². The third-order valence-electron chi connectivity index (χ3n) is 3.15. The minimum Gasteiger partial charge on any atom is -0.380 e. The average Bonchev–Trinajstić information content (AvgIpc) is 2.95. The number of likely N-dealkylation sites (N-methyl/N-ethyl adjacent to an activating group) is 1. The summed E-state index contributed by atoms with van der Waals surface area (Å²) in [5.74, 6) is 0.864. The van der Waals surface area contributed by atoms with Crippen LogP contribution in [-0.2, 0) is 4.74 Å². The fourth-order valence-electron chi connectivity index (χ4n) is 1.19. The third-order valence-corrected chi connectivity index (χ3v) is 3.15. The van der Waals surface area contributed by atoms with E-state index < -0.39 is 0 Å². The molecule has 0 heterocycles. The molecule has 0 bridgehead atoms. The van der Waals surface area contributed by atoms with Crippen molar-refractivity contribution in [1.29, 1.82) is 0 Å². The highest BCUT2D eigenvalue weighted by Crippen LogP contribution is 2.28. The number of rotatable bonds is 7. The Hall–Kier alpha value is -0.120. The van der Waals surface area contributed by atoms with Gasteiger partial charge >= 0.3 is 0 Å². The quantitative estimate of drug-likeness (QED) is 0.625. The first-order valence-electron chi connectivity index (χ1n) is 5.55. The highest BCUT2D eigenvalue weighted by atomic mass is 16.5.